The molecule has 0 radical (unpaired) electrons. The molecule has 0 spiro atoms. The molecular formula is C13H18FN. The first-order chi connectivity index (χ1) is 7.15. The summed E-state index contributed by atoms with van der Waals surface area (Å²) in [6, 6.07) is 6.93. The van der Waals surface area contributed by atoms with Crippen molar-refractivity contribution in [3.8, 4) is 0 Å². The zero-order valence-electron chi connectivity index (χ0n) is 9.39. The highest BCUT2D eigenvalue weighted by molar-refractivity contribution is 5.27. The topological polar surface area (TPSA) is 12.0 Å². The molecule has 1 heterocycles. The molecule has 1 saturated heterocycles. The molecule has 1 fully saturated rings. The molecule has 1 N–H and O–H groups in total. The van der Waals surface area contributed by atoms with Crippen molar-refractivity contribution < 1.29 is 4.39 Å². The summed E-state index contributed by atoms with van der Waals surface area (Å²) < 4.78 is 12.9. The molecule has 15 heavy (non-hydrogen) atoms. The summed E-state index contributed by atoms with van der Waals surface area (Å²) in [4.78, 5) is 0. The molecule has 1 aliphatic heterocycles. The predicted molar refractivity (Wildman–Crippen MR) is 60.2 cm³/mol. The van der Waals surface area contributed by atoms with Gasteiger partial charge in [0.05, 0.1) is 0 Å². The number of hydrogen-bond acceptors (Lipinski definition) is 1. The second-order valence-corrected chi connectivity index (χ2v) is 4.66. The molecule has 0 aromatic heterocycles. The highest BCUT2D eigenvalue weighted by atomic mass is 19.1. The molecule has 82 valence electrons. The maximum Gasteiger partial charge on any atom is 0.123 e. The second-order valence-electron chi connectivity index (χ2n) is 4.66. The predicted octanol–water partition coefficient (Wildman–Crippen LogP) is 3.06. The van der Waals surface area contributed by atoms with Crippen molar-refractivity contribution in [1.29, 1.82) is 0 Å². The normalized spacial score (nSPS) is 26.1. The first-order valence-electron chi connectivity index (χ1n) is 5.66. The van der Waals surface area contributed by atoms with Crippen molar-refractivity contribution in [1.82, 2.24) is 5.32 Å². The lowest BCUT2D eigenvalue weighted by Crippen LogP contribution is -2.41. The van der Waals surface area contributed by atoms with E-state index in [1.54, 1.807) is 12.1 Å². The van der Waals surface area contributed by atoms with Crippen molar-refractivity contribution >= 4 is 0 Å². The van der Waals surface area contributed by atoms with Gasteiger partial charge in [-0.25, -0.2) is 4.39 Å². The van der Waals surface area contributed by atoms with Crippen LogP contribution in [0, 0.1) is 11.7 Å². The van der Waals surface area contributed by atoms with E-state index in [9.17, 15) is 4.39 Å². The molecule has 0 amide bonds. The molecular weight excluding hydrogens is 189 g/mol. The van der Waals surface area contributed by atoms with Crippen molar-refractivity contribution in [3.63, 3.8) is 0 Å². The van der Waals surface area contributed by atoms with E-state index in [2.05, 4.69) is 19.2 Å². The number of rotatable bonds is 2. The van der Waals surface area contributed by atoms with Crippen LogP contribution in [-0.4, -0.2) is 6.54 Å². The van der Waals surface area contributed by atoms with Gasteiger partial charge in [0.2, 0.25) is 0 Å². The quantitative estimate of drug-likeness (QED) is 0.786. The molecule has 0 aliphatic carbocycles. The molecule has 1 aromatic rings. The van der Waals surface area contributed by atoms with Gasteiger partial charge in [-0.3, -0.25) is 0 Å². The second kappa shape index (κ2) is 3.93. The highest BCUT2D eigenvalue weighted by Gasteiger charge is 2.37. The molecule has 1 atom stereocenters. The smallest absolute Gasteiger partial charge is 0.123 e. The molecule has 1 nitrogen and oxygen atoms in total. The van der Waals surface area contributed by atoms with Crippen LogP contribution < -0.4 is 5.32 Å². The summed E-state index contributed by atoms with van der Waals surface area (Å²) in [5.41, 5.74) is 1.28. The van der Waals surface area contributed by atoms with E-state index in [-0.39, 0.29) is 11.4 Å². The van der Waals surface area contributed by atoms with Crippen molar-refractivity contribution in [3.05, 3.63) is 35.6 Å². The monoisotopic (exact) mass is 207 g/mol. The highest BCUT2D eigenvalue weighted by Crippen LogP contribution is 2.37. The fourth-order valence-electron chi connectivity index (χ4n) is 2.59. The maximum atomic E-state index is 12.9. The lowest BCUT2D eigenvalue weighted by molar-refractivity contribution is 0.277. The van der Waals surface area contributed by atoms with Crippen LogP contribution >= 0.6 is 0 Å². The van der Waals surface area contributed by atoms with Gasteiger partial charge in [-0.1, -0.05) is 26.0 Å². The van der Waals surface area contributed by atoms with Gasteiger partial charge in [0.25, 0.3) is 0 Å². The van der Waals surface area contributed by atoms with E-state index in [1.165, 1.54) is 12.0 Å². The summed E-state index contributed by atoms with van der Waals surface area (Å²) in [7, 11) is 0. The Balaban J connectivity index is 2.36. The molecule has 0 saturated carbocycles. The van der Waals surface area contributed by atoms with Crippen LogP contribution in [0.2, 0.25) is 0 Å². The van der Waals surface area contributed by atoms with E-state index < -0.39 is 0 Å². The first kappa shape index (κ1) is 10.6. The van der Waals surface area contributed by atoms with Crippen molar-refractivity contribution in [2.75, 3.05) is 6.54 Å². The minimum absolute atomic E-state index is 0.0632. The fraction of sp³-hybridized carbons (Fsp3) is 0.538. The zero-order valence-corrected chi connectivity index (χ0v) is 9.39. The lowest BCUT2D eigenvalue weighted by atomic mass is 9.79. The molecule has 0 bridgehead atoms. The van der Waals surface area contributed by atoms with Gasteiger partial charge < -0.3 is 5.32 Å². The SMILES string of the molecule is CC(C)C1(c2ccc(F)cc2)CCCN1. The molecule has 1 aliphatic rings. The first-order valence-corrected chi connectivity index (χ1v) is 5.66. The van der Waals surface area contributed by atoms with E-state index in [0.29, 0.717) is 5.92 Å². The van der Waals surface area contributed by atoms with Crippen LogP contribution in [0.4, 0.5) is 4.39 Å². The van der Waals surface area contributed by atoms with Crippen LogP contribution in [0.15, 0.2) is 24.3 Å². The Kier molecular flexibility index (Phi) is 2.79. The summed E-state index contributed by atoms with van der Waals surface area (Å²) in [5.74, 6) is 0.376. The standard InChI is InChI=1S/C13H18FN/c1-10(2)13(8-3-9-15-13)11-4-6-12(14)7-5-11/h4-7,10,15H,3,8-9H2,1-2H3. The Morgan fingerprint density at radius 1 is 1.27 bits per heavy atom. The Morgan fingerprint density at radius 3 is 2.40 bits per heavy atom. The Bertz CT molecular complexity index is 323. The van der Waals surface area contributed by atoms with Gasteiger partial charge in [0.1, 0.15) is 5.82 Å². The van der Waals surface area contributed by atoms with E-state index in [4.69, 9.17) is 0 Å². The zero-order chi connectivity index (χ0) is 10.9. The maximum absolute atomic E-state index is 12.9. The minimum atomic E-state index is -0.157. The van der Waals surface area contributed by atoms with E-state index in [0.717, 1.165) is 13.0 Å². The van der Waals surface area contributed by atoms with E-state index >= 15 is 0 Å². The van der Waals surface area contributed by atoms with Crippen molar-refractivity contribution in [2.24, 2.45) is 5.92 Å². The summed E-state index contributed by atoms with van der Waals surface area (Å²) in [6.45, 7) is 5.51. The third-order valence-corrected chi connectivity index (χ3v) is 3.53. The molecule has 2 heteroatoms. The average molecular weight is 207 g/mol. The number of benzene rings is 1. The molecule has 2 rings (SSSR count). The van der Waals surface area contributed by atoms with Gasteiger partial charge in [0.15, 0.2) is 0 Å². The van der Waals surface area contributed by atoms with Gasteiger partial charge in [-0.15, -0.1) is 0 Å². The Hall–Kier alpha value is -0.890. The van der Waals surface area contributed by atoms with Gasteiger partial charge in [-0.05, 0) is 43.0 Å². The lowest BCUT2D eigenvalue weighted by Gasteiger charge is -2.34. The summed E-state index contributed by atoms with van der Waals surface area (Å²) >= 11 is 0. The third-order valence-electron chi connectivity index (χ3n) is 3.53. The van der Waals surface area contributed by atoms with Crippen LogP contribution in [0.25, 0.3) is 0 Å². The Morgan fingerprint density at radius 2 is 1.93 bits per heavy atom. The Labute approximate surface area is 90.7 Å². The van der Waals surface area contributed by atoms with Crippen LogP contribution in [0.3, 0.4) is 0 Å². The largest absolute Gasteiger partial charge is 0.307 e. The van der Waals surface area contributed by atoms with Crippen LogP contribution in [0.1, 0.15) is 32.3 Å². The third kappa shape index (κ3) is 1.78. The van der Waals surface area contributed by atoms with Crippen molar-refractivity contribution in [2.45, 2.75) is 32.2 Å². The van der Waals surface area contributed by atoms with Crippen LogP contribution in [-0.2, 0) is 5.54 Å². The number of halogens is 1. The molecule has 1 unspecified atom stereocenters. The summed E-state index contributed by atoms with van der Waals surface area (Å²) in [5, 5.41) is 3.58. The molecule has 1 aromatic carbocycles. The van der Waals surface area contributed by atoms with E-state index in [1.807, 2.05) is 12.1 Å². The average Bonchev–Trinajstić information content (AvgIpc) is 2.69. The van der Waals surface area contributed by atoms with Crippen LogP contribution in [0.5, 0.6) is 0 Å². The fourth-order valence-corrected chi connectivity index (χ4v) is 2.59. The van der Waals surface area contributed by atoms with Gasteiger partial charge in [0, 0.05) is 5.54 Å². The van der Waals surface area contributed by atoms with Gasteiger partial charge in [-0.2, -0.15) is 0 Å². The number of hydrogen-bond donors (Lipinski definition) is 1. The summed E-state index contributed by atoms with van der Waals surface area (Å²) in [6.07, 6.45) is 2.35. The number of nitrogens with one attached hydrogen (secondary N) is 1. The van der Waals surface area contributed by atoms with Gasteiger partial charge >= 0.3 is 0 Å². The minimum Gasteiger partial charge on any atom is -0.307 e.